The van der Waals surface area contributed by atoms with Crippen molar-refractivity contribution in [3.8, 4) is 0 Å². The Morgan fingerprint density at radius 1 is 0.429 bits per heavy atom. The van der Waals surface area contributed by atoms with E-state index >= 15 is 0 Å². The van der Waals surface area contributed by atoms with Crippen molar-refractivity contribution in [1.82, 2.24) is 8.80 Å². The van der Waals surface area contributed by atoms with Crippen LogP contribution in [0.15, 0.2) is 89.7 Å². The van der Waals surface area contributed by atoms with Gasteiger partial charge in [-0.2, -0.15) is 0 Å². The molecule has 0 saturated heterocycles. The Balaban J connectivity index is 2.06. The van der Waals surface area contributed by atoms with Gasteiger partial charge in [-0.3, -0.25) is 9.20 Å². The number of hydrogen-bond acceptors (Lipinski definition) is 1. The Hall–Kier alpha value is -3.85. The third-order valence-corrected chi connectivity index (χ3v) is 6.05. The first-order chi connectivity index (χ1) is 13.8. The molecule has 0 bridgehead atoms. The Morgan fingerprint density at radius 3 is 1.46 bits per heavy atom. The van der Waals surface area contributed by atoms with Crippen molar-refractivity contribution in [2.24, 2.45) is 0 Å². The normalized spacial score (nSPS) is 12.4. The Kier molecular flexibility index (Phi) is 2.39. The summed E-state index contributed by atoms with van der Waals surface area (Å²) in [5.74, 6) is 0. The average molecular weight is 358 g/mol. The van der Waals surface area contributed by atoms with Crippen molar-refractivity contribution < 1.29 is 0 Å². The van der Waals surface area contributed by atoms with Crippen molar-refractivity contribution in [3.05, 3.63) is 95.3 Å². The van der Waals surface area contributed by atoms with Gasteiger partial charge in [0.25, 0.3) is 5.56 Å². The maximum absolute atomic E-state index is 13.7. The first kappa shape index (κ1) is 14.2. The SMILES string of the molecule is O=c1c2ccccc2n2c3ccccc3c3ccc4c5ccccc5n1c4c32. The lowest BCUT2D eigenvalue weighted by Crippen LogP contribution is -2.09. The van der Waals surface area contributed by atoms with E-state index in [0.717, 1.165) is 43.7 Å². The van der Waals surface area contributed by atoms with Gasteiger partial charge in [0, 0.05) is 21.5 Å². The zero-order chi connectivity index (χ0) is 18.4. The van der Waals surface area contributed by atoms with Crippen LogP contribution in [-0.2, 0) is 0 Å². The van der Waals surface area contributed by atoms with Gasteiger partial charge in [0.2, 0.25) is 0 Å². The standard InChI is InChI=1S/C25H14N2O/c28-25-19-9-3-6-12-22(19)26-20-10-4-1-7-15(20)17-13-14-18-16-8-2-5-11-21(16)27(25)24(18)23(17)26/h1-14H. The van der Waals surface area contributed by atoms with Crippen molar-refractivity contribution >= 4 is 54.5 Å². The molecule has 0 radical (unpaired) electrons. The zero-order valence-corrected chi connectivity index (χ0v) is 14.9. The highest BCUT2D eigenvalue weighted by molar-refractivity contribution is 6.23. The van der Waals surface area contributed by atoms with Crippen LogP contribution in [0.25, 0.3) is 54.5 Å². The van der Waals surface area contributed by atoms with Gasteiger partial charge in [0.15, 0.2) is 0 Å². The molecule has 0 unspecified atom stereocenters. The van der Waals surface area contributed by atoms with Crippen LogP contribution in [0.3, 0.4) is 0 Å². The van der Waals surface area contributed by atoms with Crippen molar-refractivity contribution in [2.75, 3.05) is 0 Å². The molecule has 7 rings (SSSR count). The van der Waals surface area contributed by atoms with Crippen LogP contribution >= 0.6 is 0 Å². The lowest BCUT2D eigenvalue weighted by Gasteiger charge is -2.00. The van der Waals surface area contributed by atoms with E-state index in [4.69, 9.17) is 0 Å². The van der Waals surface area contributed by atoms with Gasteiger partial charge < -0.3 is 4.40 Å². The lowest BCUT2D eigenvalue weighted by molar-refractivity contribution is 1.22. The molecule has 3 aromatic heterocycles. The number of benzene rings is 4. The summed E-state index contributed by atoms with van der Waals surface area (Å²) in [5.41, 5.74) is 5.16. The highest BCUT2D eigenvalue weighted by Crippen LogP contribution is 2.38. The van der Waals surface area contributed by atoms with Gasteiger partial charge >= 0.3 is 0 Å². The quantitative estimate of drug-likeness (QED) is 0.346. The second-order valence-corrected chi connectivity index (χ2v) is 7.39. The first-order valence-corrected chi connectivity index (χ1v) is 9.44. The molecule has 28 heavy (non-hydrogen) atoms. The van der Waals surface area contributed by atoms with Gasteiger partial charge in [0.1, 0.15) is 0 Å². The summed E-state index contributed by atoms with van der Waals surface area (Å²) < 4.78 is 4.18. The number of hydrogen-bond donors (Lipinski definition) is 0. The molecule has 0 amide bonds. The molecule has 0 saturated carbocycles. The molecule has 0 aliphatic rings. The van der Waals surface area contributed by atoms with E-state index in [9.17, 15) is 4.79 Å². The predicted octanol–water partition coefficient (Wildman–Crippen LogP) is 5.60. The zero-order valence-electron chi connectivity index (χ0n) is 14.9. The van der Waals surface area contributed by atoms with Crippen LogP contribution in [0, 0.1) is 0 Å². The summed E-state index contributed by atoms with van der Waals surface area (Å²) in [6.07, 6.45) is 0. The van der Waals surface area contributed by atoms with Crippen LogP contribution in [-0.4, -0.2) is 8.80 Å². The molecule has 7 aromatic rings. The summed E-state index contributed by atoms with van der Waals surface area (Å²) in [6, 6.07) is 28.9. The Labute approximate surface area is 159 Å². The predicted molar refractivity (Wildman–Crippen MR) is 116 cm³/mol. The fraction of sp³-hybridized carbons (Fsp3) is 0. The smallest absolute Gasteiger partial charge is 0.265 e. The van der Waals surface area contributed by atoms with Gasteiger partial charge in [-0.05, 0) is 24.3 Å². The van der Waals surface area contributed by atoms with E-state index < -0.39 is 0 Å². The molecule has 0 fully saturated rings. The van der Waals surface area contributed by atoms with Crippen molar-refractivity contribution in [3.63, 3.8) is 0 Å². The third kappa shape index (κ3) is 1.47. The van der Waals surface area contributed by atoms with Crippen LogP contribution in [0.2, 0.25) is 0 Å². The number of fused-ring (bicyclic) bond motifs is 8. The van der Waals surface area contributed by atoms with Crippen LogP contribution in [0.4, 0.5) is 0 Å². The monoisotopic (exact) mass is 358 g/mol. The highest BCUT2D eigenvalue weighted by atomic mass is 16.1. The van der Waals surface area contributed by atoms with Gasteiger partial charge in [-0.1, -0.05) is 60.7 Å². The second kappa shape index (κ2) is 4.70. The molecule has 0 spiro atoms. The van der Waals surface area contributed by atoms with Crippen molar-refractivity contribution in [2.45, 2.75) is 0 Å². The molecule has 0 aliphatic carbocycles. The molecule has 0 atom stereocenters. The third-order valence-electron chi connectivity index (χ3n) is 6.05. The number of aromatic nitrogens is 2. The minimum atomic E-state index is 0.0297. The van der Waals surface area contributed by atoms with Crippen molar-refractivity contribution in [1.29, 1.82) is 0 Å². The Bertz CT molecular complexity index is 1790. The van der Waals surface area contributed by atoms with E-state index in [2.05, 4.69) is 46.9 Å². The lowest BCUT2D eigenvalue weighted by atomic mass is 10.1. The van der Waals surface area contributed by atoms with Gasteiger partial charge in [-0.15, -0.1) is 0 Å². The van der Waals surface area contributed by atoms with Gasteiger partial charge in [-0.25, -0.2) is 0 Å². The minimum Gasteiger partial charge on any atom is -0.306 e. The minimum absolute atomic E-state index is 0.0297. The largest absolute Gasteiger partial charge is 0.306 e. The first-order valence-electron chi connectivity index (χ1n) is 9.44. The molecule has 4 aromatic carbocycles. The fourth-order valence-corrected chi connectivity index (χ4v) is 4.93. The summed E-state index contributed by atoms with van der Waals surface area (Å²) in [6.45, 7) is 0. The van der Waals surface area contributed by atoms with Gasteiger partial charge in [0.05, 0.1) is 33.0 Å². The van der Waals surface area contributed by atoms with E-state index in [0.29, 0.717) is 0 Å². The summed E-state index contributed by atoms with van der Waals surface area (Å²) >= 11 is 0. The molecule has 3 nitrogen and oxygen atoms in total. The molecule has 3 heteroatoms. The summed E-state index contributed by atoms with van der Waals surface area (Å²) in [4.78, 5) is 13.7. The van der Waals surface area contributed by atoms with E-state index in [1.165, 1.54) is 10.8 Å². The Morgan fingerprint density at radius 2 is 0.857 bits per heavy atom. The summed E-state index contributed by atoms with van der Waals surface area (Å²) in [7, 11) is 0. The number of nitrogens with zero attached hydrogens (tertiary/aromatic N) is 2. The van der Waals surface area contributed by atoms with Crippen LogP contribution < -0.4 is 5.56 Å². The second-order valence-electron chi connectivity index (χ2n) is 7.39. The van der Waals surface area contributed by atoms with E-state index in [1.807, 2.05) is 46.9 Å². The highest BCUT2D eigenvalue weighted by Gasteiger charge is 2.20. The fourth-order valence-electron chi connectivity index (χ4n) is 4.93. The van der Waals surface area contributed by atoms with Crippen LogP contribution in [0.5, 0.6) is 0 Å². The molecular formula is C25H14N2O. The molecule has 3 heterocycles. The van der Waals surface area contributed by atoms with E-state index in [1.54, 1.807) is 0 Å². The molecule has 130 valence electrons. The summed E-state index contributed by atoms with van der Waals surface area (Å²) in [5, 5.41) is 5.35. The molecular weight excluding hydrogens is 344 g/mol. The molecule has 0 N–H and O–H groups in total. The topological polar surface area (TPSA) is 25.9 Å². The number of para-hydroxylation sites is 3. The maximum Gasteiger partial charge on any atom is 0.265 e. The molecule has 0 aliphatic heterocycles. The maximum atomic E-state index is 13.7. The number of rotatable bonds is 0. The average Bonchev–Trinajstić information content (AvgIpc) is 3.22. The van der Waals surface area contributed by atoms with Crippen LogP contribution in [0.1, 0.15) is 0 Å². The van der Waals surface area contributed by atoms with E-state index in [-0.39, 0.29) is 5.56 Å².